The Morgan fingerprint density at radius 2 is 2.00 bits per heavy atom. The number of benzene rings is 1. The zero-order valence-corrected chi connectivity index (χ0v) is 14.1. The molecule has 2 atom stereocenters. The summed E-state index contributed by atoms with van der Waals surface area (Å²) in [5.41, 5.74) is -0.164. The average molecular weight is 344 g/mol. The van der Waals surface area contributed by atoms with E-state index in [2.05, 4.69) is 5.32 Å². The number of rotatable bonds is 6. The Morgan fingerprint density at radius 3 is 2.64 bits per heavy atom. The van der Waals surface area contributed by atoms with Crippen LogP contribution >= 0.6 is 0 Å². The first-order valence-electron chi connectivity index (χ1n) is 7.96. The highest BCUT2D eigenvalue weighted by molar-refractivity contribution is 6.06. The van der Waals surface area contributed by atoms with E-state index in [1.54, 1.807) is 31.2 Å². The number of carbonyl (C=O) groups is 2. The number of ether oxygens (including phenoxy) is 1. The van der Waals surface area contributed by atoms with Crippen molar-refractivity contribution < 1.29 is 23.8 Å². The number of β-amino-alcohol motifs (C(OH)–C–C–N with tert-alkyl or cyclic N) is 1. The molecule has 2 aromatic rings. The first kappa shape index (κ1) is 17.0. The molecule has 0 spiro atoms. The van der Waals surface area contributed by atoms with Gasteiger partial charge in [0.05, 0.1) is 12.8 Å². The number of urea groups is 1. The van der Waals surface area contributed by atoms with Crippen molar-refractivity contribution >= 4 is 11.9 Å². The van der Waals surface area contributed by atoms with Crippen LogP contribution < -0.4 is 10.1 Å². The van der Waals surface area contributed by atoms with Gasteiger partial charge >= 0.3 is 6.03 Å². The van der Waals surface area contributed by atoms with Crippen LogP contribution in [0, 0.1) is 6.92 Å². The van der Waals surface area contributed by atoms with Crippen molar-refractivity contribution in [2.24, 2.45) is 0 Å². The lowest BCUT2D eigenvalue weighted by Gasteiger charge is -2.20. The molecule has 7 heteroatoms. The van der Waals surface area contributed by atoms with E-state index in [1.807, 2.05) is 19.1 Å². The lowest BCUT2D eigenvalue weighted by molar-refractivity contribution is -0.132. The molecule has 0 radical (unpaired) electrons. The van der Waals surface area contributed by atoms with Crippen LogP contribution in [0.2, 0.25) is 0 Å². The molecule has 1 aliphatic heterocycles. The molecule has 1 saturated heterocycles. The molecule has 132 valence electrons. The maximum absolute atomic E-state index is 12.6. The van der Waals surface area contributed by atoms with Gasteiger partial charge in [0.25, 0.3) is 5.91 Å². The van der Waals surface area contributed by atoms with Gasteiger partial charge in [0.1, 0.15) is 24.2 Å². The Bertz CT molecular complexity index is 756. The van der Waals surface area contributed by atoms with Crippen molar-refractivity contribution in [3.05, 3.63) is 54.0 Å². The van der Waals surface area contributed by atoms with Gasteiger partial charge < -0.3 is 19.6 Å². The molecule has 2 N–H and O–H groups in total. The quantitative estimate of drug-likeness (QED) is 0.780. The van der Waals surface area contributed by atoms with Crippen LogP contribution in [0.3, 0.4) is 0 Å². The van der Waals surface area contributed by atoms with Crippen molar-refractivity contribution in [2.45, 2.75) is 25.5 Å². The van der Waals surface area contributed by atoms with E-state index in [9.17, 15) is 14.7 Å². The molecule has 1 aromatic carbocycles. The summed E-state index contributed by atoms with van der Waals surface area (Å²) in [6, 6.07) is 10.1. The molecule has 3 rings (SSSR count). The fourth-order valence-corrected chi connectivity index (χ4v) is 2.68. The highest BCUT2D eigenvalue weighted by Gasteiger charge is 2.51. The van der Waals surface area contributed by atoms with Crippen LogP contribution in [0.1, 0.15) is 18.2 Å². The summed E-state index contributed by atoms with van der Waals surface area (Å²) >= 11 is 0. The van der Waals surface area contributed by atoms with E-state index in [0.717, 1.165) is 10.5 Å². The second-order valence-corrected chi connectivity index (χ2v) is 6.23. The molecule has 2 heterocycles. The molecule has 0 unspecified atom stereocenters. The van der Waals surface area contributed by atoms with E-state index in [4.69, 9.17) is 9.15 Å². The maximum atomic E-state index is 12.6. The largest absolute Gasteiger partial charge is 0.491 e. The highest BCUT2D eigenvalue weighted by Crippen LogP contribution is 2.29. The number of hydrogen-bond donors (Lipinski definition) is 2. The van der Waals surface area contributed by atoms with Gasteiger partial charge in [0.2, 0.25) is 0 Å². The predicted molar refractivity (Wildman–Crippen MR) is 89.0 cm³/mol. The fraction of sp³-hybridized carbons (Fsp3) is 0.333. The Balaban J connectivity index is 1.61. The van der Waals surface area contributed by atoms with Crippen LogP contribution in [0.5, 0.6) is 5.75 Å². The number of imide groups is 1. The minimum atomic E-state index is -1.27. The molecule has 1 aromatic heterocycles. The van der Waals surface area contributed by atoms with Gasteiger partial charge in [0.15, 0.2) is 5.54 Å². The number of nitrogens with one attached hydrogen (secondary N) is 1. The smallest absolute Gasteiger partial charge is 0.325 e. The highest BCUT2D eigenvalue weighted by atomic mass is 16.5. The van der Waals surface area contributed by atoms with Crippen molar-refractivity contribution in [1.82, 2.24) is 10.2 Å². The zero-order valence-electron chi connectivity index (χ0n) is 14.1. The van der Waals surface area contributed by atoms with E-state index in [-0.39, 0.29) is 13.2 Å². The van der Waals surface area contributed by atoms with Crippen LogP contribution in [-0.2, 0) is 10.3 Å². The van der Waals surface area contributed by atoms with Gasteiger partial charge in [-0.1, -0.05) is 17.7 Å². The number of nitrogens with zero attached hydrogens (tertiary/aromatic N) is 1. The minimum absolute atomic E-state index is 0.0302. The van der Waals surface area contributed by atoms with E-state index in [0.29, 0.717) is 11.5 Å². The Labute approximate surface area is 145 Å². The SMILES string of the molecule is Cc1ccc(OC[C@@H](O)CN2C(=O)N[C@@](C)(c3ccco3)C2=O)cc1. The zero-order chi connectivity index (χ0) is 18.0. The normalized spacial score (nSPS) is 21.3. The second-order valence-electron chi connectivity index (χ2n) is 6.23. The summed E-state index contributed by atoms with van der Waals surface area (Å²) in [5.74, 6) is 0.489. The van der Waals surface area contributed by atoms with E-state index in [1.165, 1.54) is 6.26 Å². The fourth-order valence-electron chi connectivity index (χ4n) is 2.68. The van der Waals surface area contributed by atoms with Crippen molar-refractivity contribution in [2.75, 3.05) is 13.2 Å². The standard InChI is InChI=1S/C18H20N2O5/c1-12-5-7-14(8-6-12)25-11-13(21)10-20-16(22)18(2,19-17(20)23)15-4-3-9-24-15/h3-9,13,21H,10-11H2,1-2H3,(H,19,23)/t13-,18-/m0/s1. The van der Waals surface area contributed by atoms with Gasteiger partial charge in [-0.3, -0.25) is 9.69 Å². The van der Waals surface area contributed by atoms with Crippen molar-refractivity contribution in [3.63, 3.8) is 0 Å². The maximum Gasteiger partial charge on any atom is 0.325 e. The summed E-state index contributed by atoms with van der Waals surface area (Å²) in [6.45, 7) is 3.35. The Hall–Kier alpha value is -2.80. The summed E-state index contributed by atoms with van der Waals surface area (Å²) in [5, 5.41) is 12.7. The molecule has 25 heavy (non-hydrogen) atoms. The van der Waals surface area contributed by atoms with E-state index < -0.39 is 23.6 Å². The molecule has 7 nitrogen and oxygen atoms in total. The number of furan rings is 1. The lowest BCUT2D eigenvalue weighted by Crippen LogP contribution is -2.42. The number of aliphatic hydroxyl groups excluding tert-OH is 1. The van der Waals surface area contributed by atoms with Crippen molar-refractivity contribution in [3.8, 4) is 5.75 Å². The van der Waals surface area contributed by atoms with Gasteiger partial charge in [-0.15, -0.1) is 0 Å². The Kier molecular flexibility index (Phi) is 4.50. The van der Waals surface area contributed by atoms with E-state index >= 15 is 0 Å². The molecule has 1 aliphatic rings. The summed E-state index contributed by atoms with van der Waals surface area (Å²) in [6.07, 6.45) is 0.433. The summed E-state index contributed by atoms with van der Waals surface area (Å²) in [7, 11) is 0. The molecular weight excluding hydrogens is 324 g/mol. The number of amides is 3. The summed E-state index contributed by atoms with van der Waals surface area (Å²) < 4.78 is 10.7. The predicted octanol–water partition coefficient (Wildman–Crippen LogP) is 1.79. The number of aliphatic hydroxyl groups is 1. The molecule has 1 fully saturated rings. The van der Waals surface area contributed by atoms with Gasteiger partial charge in [-0.25, -0.2) is 4.79 Å². The molecule has 0 saturated carbocycles. The molecule has 0 aliphatic carbocycles. The molecule has 0 bridgehead atoms. The minimum Gasteiger partial charge on any atom is -0.491 e. The third-order valence-corrected chi connectivity index (χ3v) is 4.15. The summed E-state index contributed by atoms with van der Waals surface area (Å²) in [4.78, 5) is 25.7. The number of carbonyl (C=O) groups excluding carboxylic acids is 2. The van der Waals surface area contributed by atoms with Crippen LogP contribution in [0.4, 0.5) is 4.79 Å². The van der Waals surface area contributed by atoms with Crippen molar-refractivity contribution in [1.29, 1.82) is 0 Å². The monoisotopic (exact) mass is 344 g/mol. The third-order valence-electron chi connectivity index (χ3n) is 4.15. The van der Waals surface area contributed by atoms with Crippen LogP contribution in [-0.4, -0.2) is 41.2 Å². The lowest BCUT2D eigenvalue weighted by atomic mass is 9.99. The molecular formula is C18H20N2O5. The Morgan fingerprint density at radius 1 is 1.28 bits per heavy atom. The second kappa shape index (κ2) is 6.60. The first-order chi connectivity index (χ1) is 11.9. The van der Waals surface area contributed by atoms with Gasteiger partial charge in [-0.05, 0) is 38.1 Å². The van der Waals surface area contributed by atoms with Crippen LogP contribution in [0.25, 0.3) is 0 Å². The van der Waals surface area contributed by atoms with Crippen LogP contribution in [0.15, 0.2) is 47.1 Å². The van der Waals surface area contributed by atoms with Gasteiger partial charge in [0, 0.05) is 0 Å². The molecule has 3 amide bonds. The first-order valence-corrected chi connectivity index (χ1v) is 7.96. The topological polar surface area (TPSA) is 92.0 Å². The third kappa shape index (κ3) is 3.36. The van der Waals surface area contributed by atoms with Gasteiger partial charge in [-0.2, -0.15) is 0 Å². The number of aryl methyl sites for hydroxylation is 1. The average Bonchev–Trinajstić information content (AvgIpc) is 3.19. The number of hydrogen-bond acceptors (Lipinski definition) is 5.